The minimum Gasteiger partial charge on any atom is -0.343 e. The normalized spacial score (nSPS) is 12.0. The van der Waals surface area contributed by atoms with Crippen molar-refractivity contribution in [2.75, 3.05) is 0 Å². The SMILES string of the molecule is CC(C)c1nnc(CNC(=O)c2cc(C(C)(C)C)nn2C)n1C. The molecule has 0 bridgehead atoms. The van der Waals surface area contributed by atoms with E-state index < -0.39 is 0 Å². The topological polar surface area (TPSA) is 77.6 Å². The molecular weight excluding hydrogens is 292 g/mol. The fourth-order valence-electron chi connectivity index (χ4n) is 2.33. The molecule has 2 aromatic heterocycles. The summed E-state index contributed by atoms with van der Waals surface area (Å²) in [5.74, 6) is 1.78. The third-order valence-electron chi connectivity index (χ3n) is 3.80. The summed E-state index contributed by atoms with van der Waals surface area (Å²) in [7, 11) is 3.70. The zero-order valence-corrected chi connectivity index (χ0v) is 15.0. The Morgan fingerprint density at radius 2 is 1.91 bits per heavy atom. The molecule has 2 rings (SSSR count). The Morgan fingerprint density at radius 3 is 2.39 bits per heavy atom. The van der Waals surface area contributed by atoms with Gasteiger partial charge in [0.25, 0.3) is 5.91 Å². The van der Waals surface area contributed by atoms with Crippen molar-refractivity contribution >= 4 is 5.91 Å². The van der Waals surface area contributed by atoms with Gasteiger partial charge in [-0.1, -0.05) is 34.6 Å². The molecule has 0 aliphatic heterocycles. The first kappa shape index (κ1) is 17.2. The van der Waals surface area contributed by atoms with Crippen LogP contribution >= 0.6 is 0 Å². The second-order valence-corrected chi connectivity index (χ2v) is 7.16. The standard InChI is InChI=1S/C16H26N6O/c1-10(2)14-19-18-13(21(14)6)9-17-15(23)11-8-12(16(3,4)5)20-22(11)7/h8,10H,9H2,1-7H3,(H,17,23). The summed E-state index contributed by atoms with van der Waals surface area (Å²) in [4.78, 5) is 12.4. The van der Waals surface area contributed by atoms with E-state index in [0.717, 1.165) is 17.3 Å². The van der Waals surface area contributed by atoms with E-state index in [4.69, 9.17) is 0 Å². The Kier molecular flexibility index (Phi) is 4.58. The summed E-state index contributed by atoms with van der Waals surface area (Å²) in [6, 6.07) is 1.84. The van der Waals surface area contributed by atoms with Gasteiger partial charge in [0.1, 0.15) is 11.5 Å². The van der Waals surface area contributed by atoms with E-state index in [-0.39, 0.29) is 11.3 Å². The molecule has 0 fully saturated rings. The monoisotopic (exact) mass is 318 g/mol. The number of hydrogen-bond acceptors (Lipinski definition) is 4. The summed E-state index contributed by atoms with van der Waals surface area (Å²) in [5, 5.41) is 15.6. The maximum absolute atomic E-state index is 12.4. The molecule has 7 nitrogen and oxygen atoms in total. The maximum Gasteiger partial charge on any atom is 0.269 e. The first-order valence-electron chi connectivity index (χ1n) is 7.82. The van der Waals surface area contributed by atoms with Gasteiger partial charge < -0.3 is 9.88 Å². The van der Waals surface area contributed by atoms with Crippen LogP contribution in [-0.2, 0) is 26.1 Å². The molecule has 0 aromatic carbocycles. The smallest absolute Gasteiger partial charge is 0.269 e. The molecule has 126 valence electrons. The molecule has 0 spiro atoms. The molecule has 0 atom stereocenters. The number of nitrogens with zero attached hydrogens (tertiary/aromatic N) is 5. The number of hydrogen-bond donors (Lipinski definition) is 1. The minimum absolute atomic E-state index is 0.0912. The molecule has 1 N–H and O–H groups in total. The Labute approximate surface area is 137 Å². The number of rotatable bonds is 4. The van der Waals surface area contributed by atoms with Gasteiger partial charge in [-0.25, -0.2) is 0 Å². The molecule has 1 amide bonds. The zero-order chi connectivity index (χ0) is 17.4. The Bertz CT molecular complexity index is 705. The Hall–Kier alpha value is -2.18. The Balaban J connectivity index is 2.10. The molecular formula is C16H26N6O. The van der Waals surface area contributed by atoms with Crippen LogP contribution < -0.4 is 5.32 Å². The first-order chi connectivity index (χ1) is 10.6. The highest BCUT2D eigenvalue weighted by Gasteiger charge is 2.22. The molecule has 2 heterocycles. The van der Waals surface area contributed by atoms with Gasteiger partial charge >= 0.3 is 0 Å². The van der Waals surface area contributed by atoms with Gasteiger partial charge in [0, 0.05) is 25.4 Å². The highest BCUT2D eigenvalue weighted by atomic mass is 16.2. The van der Waals surface area contributed by atoms with Crippen LogP contribution in [0, 0.1) is 0 Å². The van der Waals surface area contributed by atoms with Gasteiger partial charge in [-0.3, -0.25) is 9.48 Å². The lowest BCUT2D eigenvalue weighted by Gasteiger charge is -2.13. The van der Waals surface area contributed by atoms with Gasteiger partial charge in [-0.05, 0) is 6.07 Å². The van der Waals surface area contributed by atoms with Crippen LogP contribution in [0.25, 0.3) is 0 Å². The van der Waals surface area contributed by atoms with Crippen molar-refractivity contribution in [3.8, 4) is 0 Å². The molecule has 0 aliphatic carbocycles. The third-order valence-corrected chi connectivity index (χ3v) is 3.80. The lowest BCUT2D eigenvalue weighted by molar-refractivity contribution is 0.0940. The molecule has 0 saturated heterocycles. The fourth-order valence-corrected chi connectivity index (χ4v) is 2.33. The van der Waals surface area contributed by atoms with E-state index in [9.17, 15) is 4.79 Å². The predicted molar refractivity (Wildman–Crippen MR) is 88.2 cm³/mol. The summed E-state index contributed by atoms with van der Waals surface area (Å²) >= 11 is 0. The average Bonchev–Trinajstić information content (AvgIpc) is 2.99. The summed E-state index contributed by atoms with van der Waals surface area (Å²) in [5.41, 5.74) is 1.35. The predicted octanol–water partition coefficient (Wildman–Crippen LogP) is 1.90. The van der Waals surface area contributed by atoms with Gasteiger partial charge in [0.05, 0.1) is 12.2 Å². The number of carbonyl (C=O) groups is 1. The average molecular weight is 318 g/mol. The van der Waals surface area contributed by atoms with Crippen molar-refractivity contribution in [3.63, 3.8) is 0 Å². The number of carbonyl (C=O) groups excluding carboxylic acids is 1. The van der Waals surface area contributed by atoms with Crippen molar-refractivity contribution in [3.05, 3.63) is 29.1 Å². The lowest BCUT2D eigenvalue weighted by atomic mass is 9.92. The zero-order valence-electron chi connectivity index (χ0n) is 15.0. The molecule has 0 saturated carbocycles. The number of aromatic nitrogens is 5. The number of nitrogens with one attached hydrogen (secondary N) is 1. The van der Waals surface area contributed by atoms with E-state index in [1.165, 1.54) is 0 Å². The van der Waals surface area contributed by atoms with Crippen LogP contribution in [0.15, 0.2) is 6.07 Å². The van der Waals surface area contributed by atoms with Crippen molar-refractivity contribution in [1.82, 2.24) is 29.9 Å². The largest absolute Gasteiger partial charge is 0.343 e. The van der Waals surface area contributed by atoms with Crippen LogP contribution in [0.5, 0.6) is 0 Å². The van der Waals surface area contributed by atoms with Crippen molar-refractivity contribution in [1.29, 1.82) is 0 Å². The molecule has 23 heavy (non-hydrogen) atoms. The van der Waals surface area contributed by atoms with E-state index in [0.29, 0.717) is 18.2 Å². The quantitative estimate of drug-likeness (QED) is 0.934. The Morgan fingerprint density at radius 1 is 1.26 bits per heavy atom. The molecule has 2 aromatic rings. The van der Waals surface area contributed by atoms with Gasteiger partial charge in [-0.2, -0.15) is 5.10 Å². The van der Waals surface area contributed by atoms with E-state index >= 15 is 0 Å². The first-order valence-corrected chi connectivity index (χ1v) is 7.82. The summed E-state index contributed by atoms with van der Waals surface area (Å²) < 4.78 is 3.54. The molecule has 0 unspecified atom stereocenters. The number of aryl methyl sites for hydroxylation is 1. The summed E-state index contributed by atoms with van der Waals surface area (Å²) in [6.07, 6.45) is 0. The van der Waals surface area contributed by atoms with Gasteiger partial charge in [0.15, 0.2) is 5.82 Å². The van der Waals surface area contributed by atoms with Gasteiger partial charge in [0.2, 0.25) is 0 Å². The van der Waals surface area contributed by atoms with Crippen LogP contribution in [-0.4, -0.2) is 30.5 Å². The van der Waals surface area contributed by atoms with Crippen molar-refractivity contribution in [2.45, 2.75) is 52.5 Å². The van der Waals surface area contributed by atoms with Crippen LogP contribution in [0.2, 0.25) is 0 Å². The van der Waals surface area contributed by atoms with E-state index in [2.05, 4.69) is 55.2 Å². The van der Waals surface area contributed by atoms with Crippen LogP contribution in [0.4, 0.5) is 0 Å². The number of amides is 1. The highest BCUT2D eigenvalue weighted by molar-refractivity contribution is 5.92. The van der Waals surface area contributed by atoms with Crippen LogP contribution in [0.3, 0.4) is 0 Å². The second-order valence-electron chi connectivity index (χ2n) is 7.16. The van der Waals surface area contributed by atoms with Gasteiger partial charge in [-0.15, -0.1) is 10.2 Å². The van der Waals surface area contributed by atoms with E-state index in [1.807, 2.05) is 17.7 Å². The molecule has 0 aliphatic rings. The minimum atomic E-state index is -0.162. The highest BCUT2D eigenvalue weighted by Crippen LogP contribution is 2.21. The van der Waals surface area contributed by atoms with Crippen molar-refractivity contribution < 1.29 is 4.79 Å². The molecule has 0 radical (unpaired) electrons. The van der Waals surface area contributed by atoms with Crippen LogP contribution in [0.1, 0.15) is 68.4 Å². The lowest BCUT2D eigenvalue weighted by Crippen LogP contribution is -2.26. The summed E-state index contributed by atoms with van der Waals surface area (Å²) in [6.45, 7) is 10.7. The fraction of sp³-hybridized carbons (Fsp3) is 0.625. The van der Waals surface area contributed by atoms with Crippen molar-refractivity contribution in [2.24, 2.45) is 14.1 Å². The van der Waals surface area contributed by atoms with E-state index in [1.54, 1.807) is 11.7 Å². The molecule has 7 heteroatoms. The maximum atomic E-state index is 12.4. The second kappa shape index (κ2) is 6.14. The third kappa shape index (κ3) is 3.60.